The van der Waals surface area contributed by atoms with Crippen molar-refractivity contribution in [2.24, 2.45) is 0 Å². The van der Waals surface area contributed by atoms with Crippen molar-refractivity contribution in [2.75, 3.05) is 8.46 Å². The van der Waals surface area contributed by atoms with Crippen molar-refractivity contribution in [3.05, 3.63) is 34.4 Å². The first kappa shape index (κ1) is 11.0. The van der Waals surface area contributed by atoms with Crippen LogP contribution in [0, 0.1) is 10.1 Å². The first-order valence-electron chi connectivity index (χ1n) is 3.37. The monoisotopic (exact) mass is 406 g/mol. The molecule has 6 heteroatoms. The molecule has 0 radical (unpaired) electrons. The molecule has 0 saturated carbocycles. The molecule has 0 heterocycles. The van der Waals surface area contributed by atoms with Crippen LogP contribution in [0.2, 0.25) is 0 Å². The summed E-state index contributed by atoms with van der Waals surface area (Å²) in [6.07, 6.45) is 0. The predicted molar refractivity (Wildman–Crippen MR) is 70.7 cm³/mol. The average molecular weight is 406 g/mol. The van der Waals surface area contributed by atoms with E-state index in [1.165, 1.54) is 6.07 Å². The molecule has 0 fully saturated rings. The van der Waals surface area contributed by atoms with Gasteiger partial charge in [-0.3, -0.25) is 0 Å². The summed E-state index contributed by atoms with van der Waals surface area (Å²) in [6, 6.07) is 6.59. The van der Waals surface area contributed by atoms with Gasteiger partial charge in [0.25, 0.3) is 0 Å². The number of nitrogens with zero attached hydrogens (tertiary/aromatic N) is 1. The Morgan fingerprint density at radius 1 is 1.62 bits per heavy atom. The summed E-state index contributed by atoms with van der Waals surface area (Å²) in [5, 5.41) is 10.4. The molecule has 0 aliphatic rings. The van der Waals surface area contributed by atoms with Gasteiger partial charge in [-0.05, 0) is 0 Å². The van der Waals surface area contributed by atoms with Gasteiger partial charge in [0.2, 0.25) is 0 Å². The SMILES string of the molecule is CI(I)Nc1cccc([N+](=O)[O-])c1. The van der Waals surface area contributed by atoms with Gasteiger partial charge in [-0.2, -0.15) is 0 Å². The van der Waals surface area contributed by atoms with Crippen LogP contribution in [0.3, 0.4) is 0 Å². The molecule has 72 valence electrons. The van der Waals surface area contributed by atoms with Gasteiger partial charge in [0.05, 0.1) is 0 Å². The van der Waals surface area contributed by atoms with E-state index in [-0.39, 0.29) is 10.6 Å². The number of nitrogens with one attached hydrogen (secondary N) is 1. The Hall–Kier alpha value is -0.120. The van der Waals surface area contributed by atoms with Gasteiger partial charge in [0, 0.05) is 0 Å². The number of rotatable bonds is 3. The van der Waals surface area contributed by atoms with Crippen molar-refractivity contribution < 1.29 is 4.92 Å². The van der Waals surface area contributed by atoms with E-state index < -0.39 is 16.1 Å². The number of halogens is 2. The normalized spacial score (nSPS) is 10.8. The first-order valence-corrected chi connectivity index (χ1v) is 12.9. The van der Waals surface area contributed by atoms with Gasteiger partial charge in [-0.1, -0.05) is 0 Å². The van der Waals surface area contributed by atoms with Gasteiger partial charge in [0.1, 0.15) is 0 Å². The van der Waals surface area contributed by atoms with Crippen molar-refractivity contribution in [1.82, 2.24) is 0 Å². The Bertz CT molecular complexity index is 317. The van der Waals surface area contributed by atoms with Gasteiger partial charge < -0.3 is 0 Å². The molecule has 0 aliphatic carbocycles. The van der Waals surface area contributed by atoms with Crippen LogP contribution in [-0.2, 0) is 0 Å². The molecule has 0 aromatic heterocycles. The fraction of sp³-hybridized carbons (Fsp3) is 0.143. The maximum atomic E-state index is 10.4. The van der Waals surface area contributed by atoms with Crippen molar-refractivity contribution in [2.45, 2.75) is 0 Å². The van der Waals surface area contributed by atoms with E-state index in [9.17, 15) is 10.1 Å². The Balaban J connectivity index is 2.85. The van der Waals surface area contributed by atoms with Crippen LogP contribution in [-0.4, -0.2) is 9.85 Å². The number of nitro groups is 1. The van der Waals surface area contributed by atoms with Gasteiger partial charge in [-0.15, -0.1) is 0 Å². The zero-order valence-corrected chi connectivity index (χ0v) is 11.1. The topological polar surface area (TPSA) is 55.2 Å². The van der Waals surface area contributed by atoms with E-state index in [4.69, 9.17) is 0 Å². The molecule has 1 rings (SSSR count). The van der Waals surface area contributed by atoms with E-state index in [0.717, 1.165) is 5.69 Å². The zero-order valence-electron chi connectivity index (χ0n) is 6.83. The van der Waals surface area contributed by atoms with Gasteiger partial charge >= 0.3 is 93.9 Å². The van der Waals surface area contributed by atoms with Crippen LogP contribution < -0.4 is 3.53 Å². The number of benzene rings is 1. The molecule has 0 bridgehead atoms. The molecule has 0 atom stereocenters. The molecular formula is C7H8I2N2O2. The molecular weight excluding hydrogens is 398 g/mol. The average Bonchev–Trinajstić information content (AvgIpc) is 2.03. The fourth-order valence-electron chi connectivity index (χ4n) is 0.829. The van der Waals surface area contributed by atoms with E-state index in [0.29, 0.717) is 0 Å². The standard InChI is InChI=1S/C7H8I2N2O2/c1-9(8)10-6-3-2-4-7(5-6)11(12)13/h2-5,10H,1H3. The molecule has 0 unspecified atom stereocenters. The molecule has 13 heavy (non-hydrogen) atoms. The Morgan fingerprint density at radius 2 is 2.31 bits per heavy atom. The summed E-state index contributed by atoms with van der Waals surface area (Å²) >= 11 is 1.25. The maximum absolute atomic E-state index is 10.4. The third-order valence-electron chi connectivity index (χ3n) is 1.30. The summed E-state index contributed by atoms with van der Waals surface area (Å²) in [6.45, 7) is 0. The number of hydrogen-bond acceptors (Lipinski definition) is 3. The third kappa shape index (κ3) is 3.63. The molecule has 4 nitrogen and oxygen atoms in total. The zero-order chi connectivity index (χ0) is 9.84. The van der Waals surface area contributed by atoms with Crippen molar-refractivity contribution >= 4 is 46.1 Å². The van der Waals surface area contributed by atoms with Crippen LogP contribution >= 0.6 is 34.7 Å². The van der Waals surface area contributed by atoms with Gasteiger partial charge in [0.15, 0.2) is 0 Å². The number of anilines is 1. The molecule has 1 aromatic carbocycles. The Morgan fingerprint density at radius 3 is 2.85 bits per heavy atom. The minimum absolute atomic E-state index is 0.138. The fourth-order valence-corrected chi connectivity index (χ4v) is 3.60. The summed E-state index contributed by atoms with van der Waals surface area (Å²) in [5.41, 5.74) is 0.982. The number of non-ortho nitro benzene ring substituents is 1. The molecule has 0 spiro atoms. The second-order valence-electron chi connectivity index (χ2n) is 2.31. The summed E-state index contributed by atoms with van der Waals surface area (Å²) in [4.78, 5) is 12.2. The first-order chi connectivity index (χ1) is 6.09. The molecule has 1 aromatic rings. The van der Waals surface area contributed by atoms with E-state index in [2.05, 4.69) is 27.1 Å². The van der Waals surface area contributed by atoms with Crippen LogP contribution in [0.4, 0.5) is 11.4 Å². The Labute approximate surface area is 93.2 Å². The molecule has 0 amide bonds. The summed E-state index contributed by atoms with van der Waals surface area (Å²) < 4.78 is 3.24. The quantitative estimate of drug-likeness (QED) is 0.275. The van der Waals surface area contributed by atoms with Gasteiger partial charge in [-0.25, -0.2) is 0 Å². The Kier molecular flexibility index (Phi) is 4.16. The van der Waals surface area contributed by atoms with Crippen LogP contribution in [0.15, 0.2) is 24.3 Å². The second kappa shape index (κ2) is 4.94. The van der Waals surface area contributed by atoms with Crippen molar-refractivity contribution in [3.8, 4) is 0 Å². The number of hydrogen-bond donors (Lipinski definition) is 1. The number of nitro benzene ring substituents is 1. The van der Waals surface area contributed by atoms with E-state index in [1.54, 1.807) is 12.1 Å². The molecule has 0 saturated heterocycles. The molecule has 0 aliphatic heterocycles. The third-order valence-corrected chi connectivity index (χ3v) is 4.03. The predicted octanol–water partition coefficient (Wildman–Crippen LogP) is 3.41. The second-order valence-corrected chi connectivity index (χ2v) is 13.4. The van der Waals surface area contributed by atoms with Crippen LogP contribution in [0.1, 0.15) is 0 Å². The van der Waals surface area contributed by atoms with Crippen molar-refractivity contribution in [1.29, 1.82) is 0 Å². The molecule has 1 N–H and O–H groups in total. The minimum atomic E-state index is -1.11. The van der Waals surface area contributed by atoms with E-state index >= 15 is 0 Å². The summed E-state index contributed by atoms with van der Waals surface area (Å²) in [7, 11) is 0. The van der Waals surface area contributed by atoms with Crippen LogP contribution in [0.25, 0.3) is 0 Å². The van der Waals surface area contributed by atoms with Crippen molar-refractivity contribution in [3.63, 3.8) is 0 Å². The van der Waals surface area contributed by atoms with E-state index in [1.807, 2.05) is 6.07 Å². The van der Waals surface area contributed by atoms with Crippen LogP contribution in [0.5, 0.6) is 0 Å². The number of alkyl halides is 1. The summed E-state index contributed by atoms with van der Waals surface area (Å²) in [5.74, 6) is 0.